The maximum atomic E-state index is 12.2. The van der Waals surface area contributed by atoms with E-state index in [1.54, 1.807) is 38.7 Å². The molecule has 5 saturated heterocycles. The van der Waals surface area contributed by atoms with Crippen LogP contribution < -0.4 is 49.7 Å². The highest BCUT2D eigenvalue weighted by Crippen LogP contribution is 2.48. The van der Waals surface area contributed by atoms with Crippen molar-refractivity contribution in [1.29, 1.82) is 0 Å². The topological polar surface area (TPSA) is 561 Å². The van der Waals surface area contributed by atoms with Crippen molar-refractivity contribution >= 4 is 167 Å². The number of aromatic nitrogens is 14. The van der Waals surface area contributed by atoms with E-state index in [0.717, 1.165) is 22.8 Å². The molecule has 0 radical (unpaired) electrons. The summed E-state index contributed by atoms with van der Waals surface area (Å²) in [6, 6.07) is 2.79. The molecule has 20 unspecified atom stereocenters. The zero-order chi connectivity index (χ0) is 81.1. The Bertz CT molecular complexity index is 4510. The third-order valence-electron chi connectivity index (χ3n) is 17.0. The average Bonchev–Trinajstić information content (AvgIpc) is 1.65. The van der Waals surface area contributed by atoms with E-state index in [1.165, 1.54) is 62.3 Å². The molecule has 0 aromatic carbocycles. The van der Waals surface area contributed by atoms with Gasteiger partial charge in [0.2, 0.25) is 5.95 Å². The third-order valence-corrected chi connectivity index (χ3v) is 28.4. The van der Waals surface area contributed by atoms with Gasteiger partial charge in [-0.1, -0.05) is 54.6 Å². The molecule has 0 saturated carbocycles. The van der Waals surface area contributed by atoms with Crippen LogP contribution in [0.2, 0.25) is 0 Å². The molecule has 43 nitrogen and oxygen atoms in total. The molecular formula is C55H98N17O26P15. The number of aliphatic hydroxyl groups is 10. The van der Waals surface area contributed by atoms with Crippen LogP contribution in [0.5, 0.6) is 0 Å². The fourth-order valence-electron chi connectivity index (χ4n) is 11.3. The van der Waals surface area contributed by atoms with Crippen LogP contribution in [-0.2, 0) is 60.4 Å². The van der Waals surface area contributed by atoms with Gasteiger partial charge in [-0.3, -0.25) is 51.3 Å². The Balaban J connectivity index is 0.000000219. The molecule has 12 heterocycles. The van der Waals surface area contributed by atoms with Crippen molar-refractivity contribution in [2.75, 3.05) is 70.1 Å². The number of anilines is 3. The molecule has 5 aliphatic rings. The van der Waals surface area contributed by atoms with Gasteiger partial charge in [0, 0.05) is 108 Å². The predicted octanol–water partition coefficient (Wildman–Crippen LogP) is 0.0534. The fraction of sp³-hybridized carbons (Fsp3) is 0.600. The molecule has 113 heavy (non-hydrogen) atoms. The van der Waals surface area contributed by atoms with Gasteiger partial charge >= 0.3 is 17.1 Å². The quantitative estimate of drug-likeness (QED) is 0.0228. The van der Waals surface area contributed by atoms with Crippen LogP contribution >= 0.6 is 127 Å². The molecule has 12 rings (SSSR count). The summed E-state index contributed by atoms with van der Waals surface area (Å²) in [5.74, 6) is 1.28. The van der Waals surface area contributed by atoms with Crippen molar-refractivity contribution in [2.24, 2.45) is 14.1 Å². The van der Waals surface area contributed by atoms with Crippen molar-refractivity contribution in [1.82, 2.24) is 66.9 Å². The van der Waals surface area contributed by atoms with E-state index in [1.807, 2.05) is 0 Å². The Labute approximate surface area is 673 Å². The van der Waals surface area contributed by atoms with Crippen molar-refractivity contribution < 1.29 is 97.4 Å². The smallest absolute Gasteiger partial charge is 0.351 e. The Hall–Kier alpha value is -1.81. The number of imidazole rings is 2. The minimum Gasteiger partial charge on any atom is -0.387 e. The molecule has 14 N–H and O–H groups in total. The number of aryl methyl sites for hydroxylation is 1. The first-order valence-corrected chi connectivity index (χ1v) is 56.3. The Kier molecular flexibility index (Phi) is 43.1. The average molecular weight is 1880 g/mol. The molecule has 5 fully saturated rings. The normalized spacial score (nSPS) is 28.6. The highest BCUT2D eigenvalue weighted by atomic mass is 32.4. The number of fused-ring (bicyclic) bond motifs is 2. The number of aliphatic hydroxyl groups excluding tert-OH is 10. The van der Waals surface area contributed by atoms with Gasteiger partial charge in [0.15, 0.2) is 53.8 Å². The Morgan fingerprint density at radius 3 is 1.24 bits per heavy atom. The summed E-state index contributed by atoms with van der Waals surface area (Å²) in [7, 11) is 24.9. The number of ether oxygens (including phenoxy) is 5. The van der Waals surface area contributed by atoms with Crippen LogP contribution in [0.25, 0.3) is 22.3 Å². The summed E-state index contributed by atoms with van der Waals surface area (Å²) in [6.45, 7) is 2.42. The van der Waals surface area contributed by atoms with Crippen molar-refractivity contribution in [3.05, 3.63) is 118 Å². The van der Waals surface area contributed by atoms with E-state index in [0.29, 0.717) is 93.6 Å². The largest absolute Gasteiger partial charge is 0.387 e. The third kappa shape index (κ3) is 25.0. The van der Waals surface area contributed by atoms with E-state index in [9.17, 15) is 79.8 Å². The number of nitrogens with zero attached hydrogens (tertiary/aromatic N) is 13. The zero-order valence-corrected chi connectivity index (χ0v) is 75.2. The minimum absolute atomic E-state index is 0. The maximum Gasteiger partial charge on any atom is 0.351 e. The molecular weight excluding hydrogens is 1780 g/mol. The lowest BCUT2D eigenvalue weighted by Gasteiger charge is -2.18. The first-order valence-electron chi connectivity index (χ1n) is 32.7. The van der Waals surface area contributed by atoms with Crippen LogP contribution in [0, 0.1) is 6.92 Å². The second-order valence-corrected chi connectivity index (χ2v) is 48.1. The molecule has 0 bridgehead atoms. The van der Waals surface area contributed by atoms with E-state index < -0.39 is 156 Å². The van der Waals surface area contributed by atoms with Gasteiger partial charge in [-0.25, -0.2) is 34.3 Å². The van der Waals surface area contributed by atoms with Crippen molar-refractivity contribution in [3.8, 4) is 0 Å². The Morgan fingerprint density at radius 2 is 0.841 bits per heavy atom. The number of H-pyrrole nitrogens is 1. The van der Waals surface area contributed by atoms with E-state index in [4.69, 9.17) is 46.3 Å². The highest BCUT2D eigenvalue weighted by Gasteiger charge is 2.49. The van der Waals surface area contributed by atoms with Gasteiger partial charge in [-0.2, -0.15) is 9.97 Å². The second-order valence-electron chi connectivity index (χ2n) is 23.8. The van der Waals surface area contributed by atoms with E-state index in [2.05, 4.69) is 95.5 Å². The van der Waals surface area contributed by atoms with Crippen LogP contribution in [0.1, 0.15) is 51.6 Å². The van der Waals surface area contributed by atoms with Crippen LogP contribution in [0.3, 0.4) is 0 Å². The van der Waals surface area contributed by atoms with E-state index in [-0.39, 0.29) is 82.0 Å². The molecule has 5 aliphatic heterocycles. The maximum absolute atomic E-state index is 12.2. The van der Waals surface area contributed by atoms with Crippen LogP contribution in [-0.4, -0.2) is 264 Å². The molecule has 35 atom stereocenters. The second kappa shape index (κ2) is 48.7. The standard InChI is InChI=1S/C11H18N5O5P3.C11H18N5O4P3.C11H19N2O6P3.C10H18N3O5P3.C10H17N2O6P3.2CH4/c1-12-11-14-8-5(9(19)15-11)13-3-16(8)10-7(18)6(17)4(21-10)2-20-23-24-22;1-12-9-6-10(14-3-13-9)16(4-15-6)11-8(18)7(17)5(20-11)2-19-22-23-21;1-5-3-13(11(17)12(2)9(5)16)10-8(15)7(14)6(19-10)4-18-21-22-20;1-11-6-2-3-13(10(16)12-6)9-8(15)7(14)5(18-9)4-17-20-21-19;1-11-6(13)2-3-12(10(11)16)9-8(15)7(14)5(18-9)4-17-20-21-19;;/h3-4,6-7,10,17-18,23-24H,2,22H2,1H3,(H2,12,14,15,19);3-5,7-8,11,17-18,22-23H,2,21H2,1H3,(H,12,13,14);3,6-8,10,14-15,21-22H,4,20H2,1-2H3;2-3,5,7-9,14-15,20-21H,4,19H2,1H3,(H,11,12,16);2-3,5,7-9,14-15,20-21H,4,19H2,1H3;2*1H4/t4-,6?,7+,10-;5-,7?,8+,11-;6-,7?,8+,10-;2*5-,7?,8+,9-;;/m11111../s1. The summed E-state index contributed by atoms with van der Waals surface area (Å²) in [6.07, 6.45) is -11.3. The van der Waals surface area contributed by atoms with Crippen LogP contribution in [0.15, 0.2) is 78.5 Å². The van der Waals surface area contributed by atoms with Gasteiger partial charge in [0.1, 0.15) is 109 Å². The lowest BCUT2D eigenvalue weighted by molar-refractivity contribution is -0.0505. The predicted molar refractivity (Wildman–Crippen MR) is 462 cm³/mol. The molecule has 7 aromatic heterocycles. The van der Waals surface area contributed by atoms with Crippen LogP contribution in [0.4, 0.5) is 17.6 Å². The summed E-state index contributed by atoms with van der Waals surface area (Å²) >= 11 is 0. The monoisotopic (exact) mass is 1880 g/mol. The zero-order valence-electron chi connectivity index (χ0n) is 59.4. The summed E-state index contributed by atoms with van der Waals surface area (Å²) in [5.41, 5.74) is -1.22. The number of rotatable bonds is 28. The molecule has 0 aliphatic carbocycles. The summed E-state index contributed by atoms with van der Waals surface area (Å²) < 4.78 is 63.3. The van der Waals surface area contributed by atoms with Crippen molar-refractivity contribution in [3.63, 3.8) is 0 Å². The Morgan fingerprint density at radius 1 is 0.460 bits per heavy atom. The molecule has 634 valence electrons. The minimum atomic E-state index is -1.27. The van der Waals surface area contributed by atoms with Gasteiger partial charge in [-0.15, -0.1) is 44.6 Å². The summed E-state index contributed by atoms with van der Waals surface area (Å²) in [5, 5.41) is 110. The fourth-order valence-corrected chi connectivity index (χ4v) is 19.2. The number of hydrogen-bond donors (Lipinski definition) is 14. The SMILES string of the molecule is C.C.CNc1ccn([C@@H]2O[C@H](COPPP)C(O)[C@@H]2O)c(=O)n1.CNc1nc2c(ncn2[C@@H]2O[C@H](COPPP)C(O)[C@@H]2O)c(=O)[nH]1.CNc1ncnc2c1ncn2[C@@H]1O[C@H](COPPP)C(O)[C@@H]1O.Cc1cn([C@@H]2O[C@H](COPPP)C(O)[C@@H]2O)c(=O)n(C)c1=O.Cn1c(=O)ccn([C@@H]2O[C@H](COPPP)C(O)[C@@H]2O)c1=O. The van der Waals surface area contributed by atoms with E-state index >= 15 is 0 Å². The highest BCUT2D eigenvalue weighted by molar-refractivity contribution is 8.39. The number of nitrogens with one attached hydrogen (secondary N) is 4. The molecule has 7 aromatic rings. The molecule has 58 heteroatoms. The first-order chi connectivity index (χ1) is 53.2. The number of aromatic amines is 1. The summed E-state index contributed by atoms with van der Waals surface area (Å²) in [4.78, 5) is 98.3. The first kappa shape index (κ1) is 100. The van der Waals surface area contributed by atoms with Crippen molar-refractivity contribution in [2.45, 2.75) is 144 Å². The van der Waals surface area contributed by atoms with Gasteiger partial charge < -0.3 is 113 Å². The van der Waals surface area contributed by atoms with Gasteiger partial charge in [0.25, 0.3) is 16.7 Å². The lowest BCUT2D eigenvalue weighted by Crippen LogP contribution is -2.43. The molecule has 0 amide bonds. The van der Waals surface area contributed by atoms with Gasteiger partial charge in [-0.05, 0) is 13.0 Å². The molecule has 0 spiro atoms. The lowest BCUT2D eigenvalue weighted by atomic mass is 10.1. The number of hydrogen-bond acceptors (Lipinski definition) is 35. The van der Waals surface area contributed by atoms with Gasteiger partial charge in [0.05, 0.1) is 45.7 Å².